The number of methoxy groups -OCH3 is 1. The molecule has 0 bridgehead atoms. The van der Waals surface area contributed by atoms with Gasteiger partial charge in [0, 0.05) is 6.61 Å². The molecular weight excluding hydrogens is 312 g/mol. The highest BCUT2D eigenvalue weighted by Crippen LogP contribution is 2.12. The zero-order chi connectivity index (χ0) is 17.5. The standard InChI is InChI=1S/C18H28O6/c1-3-4-9-21-10-11-22-12-13-23-14-15-24-17-7-5-16(6-8-17)18(19)20-2/h5-8H,3-4,9-15H2,1-2H3. The Kier molecular flexibility index (Phi) is 11.7. The van der Waals surface area contributed by atoms with Gasteiger partial charge in [0.25, 0.3) is 0 Å². The van der Waals surface area contributed by atoms with Crippen molar-refractivity contribution in [1.29, 1.82) is 0 Å². The summed E-state index contributed by atoms with van der Waals surface area (Å²) in [5.74, 6) is 0.326. The van der Waals surface area contributed by atoms with E-state index in [9.17, 15) is 4.79 Å². The lowest BCUT2D eigenvalue weighted by molar-refractivity contribution is 0.00895. The highest BCUT2D eigenvalue weighted by molar-refractivity contribution is 5.89. The quantitative estimate of drug-likeness (QED) is 0.383. The normalized spacial score (nSPS) is 10.6. The van der Waals surface area contributed by atoms with Crippen molar-refractivity contribution < 1.29 is 28.5 Å². The second-order valence-corrected chi connectivity index (χ2v) is 5.06. The molecule has 0 atom stereocenters. The molecule has 6 heteroatoms. The molecule has 0 radical (unpaired) electrons. The number of unbranched alkanes of at least 4 members (excludes halogenated alkanes) is 1. The third-order valence-corrected chi connectivity index (χ3v) is 3.16. The zero-order valence-electron chi connectivity index (χ0n) is 14.6. The van der Waals surface area contributed by atoms with Gasteiger partial charge in [0.15, 0.2) is 0 Å². The van der Waals surface area contributed by atoms with Gasteiger partial charge in [0.1, 0.15) is 12.4 Å². The van der Waals surface area contributed by atoms with Gasteiger partial charge in [-0.05, 0) is 30.7 Å². The molecule has 24 heavy (non-hydrogen) atoms. The molecule has 0 aliphatic rings. The van der Waals surface area contributed by atoms with Crippen LogP contribution >= 0.6 is 0 Å². The van der Waals surface area contributed by atoms with Crippen molar-refractivity contribution in [2.24, 2.45) is 0 Å². The summed E-state index contributed by atoms with van der Waals surface area (Å²) >= 11 is 0. The van der Waals surface area contributed by atoms with Crippen LogP contribution in [0.2, 0.25) is 0 Å². The molecule has 6 nitrogen and oxygen atoms in total. The van der Waals surface area contributed by atoms with E-state index < -0.39 is 0 Å². The Labute approximate surface area is 144 Å². The predicted molar refractivity (Wildman–Crippen MR) is 90.6 cm³/mol. The number of hydrogen-bond donors (Lipinski definition) is 0. The van der Waals surface area contributed by atoms with Gasteiger partial charge in [-0.3, -0.25) is 0 Å². The van der Waals surface area contributed by atoms with Gasteiger partial charge in [-0.1, -0.05) is 13.3 Å². The van der Waals surface area contributed by atoms with Crippen LogP contribution in [0, 0.1) is 0 Å². The lowest BCUT2D eigenvalue weighted by Crippen LogP contribution is -2.13. The molecule has 1 rings (SSSR count). The van der Waals surface area contributed by atoms with Crippen LogP contribution in [0.25, 0.3) is 0 Å². The summed E-state index contributed by atoms with van der Waals surface area (Å²) in [6.45, 7) is 6.16. The van der Waals surface area contributed by atoms with Crippen molar-refractivity contribution >= 4 is 5.97 Å². The topological polar surface area (TPSA) is 63.2 Å². The van der Waals surface area contributed by atoms with E-state index in [-0.39, 0.29) is 5.97 Å². The molecule has 0 amide bonds. The van der Waals surface area contributed by atoms with E-state index in [2.05, 4.69) is 11.7 Å². The fourth-order valence-corrected chi connectivity index (χ4v) is 1.81. The maximum absolute atomic E-state index is 11.3. The van der Waals surface area contributed by atoms with E-state index in [4.69, 9.17) is 18.9 Å². The molecular formula is C18H28O6. The number of carbonyl (C=O) groups is 1. The first-order valence-corrected chi connectivity index (χ1v) is 8.32. The molecule has 0 unspecified atom stereocenters. The summed E-state index contributed by atoms with van der Waals surface area (Å²) in [6, 6.07) is 6.79. The Morgan fingerprint density at radius 2 is 1.38 bits per heavy atom. The van der Waals surface area contributed by atoms with E-state index >= 15 is 0 Å². The van der Waals surface area contributed by atoms with Gasteiger partial charge in [-0.15, -0.1) is 0 Å². The Balaban J connectivity index is 1.94. The molecule has 0 aromatic heterocycles. The Morgan fingerprint density at radius 1 is 0.833 bits per heavy atom. The molecule has 136 valence electrons. The first kappa shape index (κ1) is 20.4. The maximum atomic E-state index is 11.3. The number of carbonyl (C=O) groups excluding carboxylic acids is 1. The summed E-state index contributed by atoms with van der Waals surface area (Å²) in [5.41, 5.74) is 0.497. The predicted octanol–water partition coefficient (Wildman–Crippen LogP) is 2.70. The van der Waals surface area contributed by atoms with Crippen LogP contribution in [0.3, 0.4) is 0 Å². The van der Waals surface area contributed by atoms with Crippen LogP contribution in [-0.2, 0) is 18.9 Å². The monoisotopic (exact) mass is 340 g/mol. The molecule has 0 aliphatic carbocycles. The number of rotatable bonds is 14. The highest BCUT2D eigenvalue weighted by Gasteiger charge is 2.04. The van der Waals surface area contributed by atoms with E-state index in [1.807, 2.05) is 0 Å². The second kappa shape index (κ2) is 13.8. The third-order valence-electron chi connectivity index (χ3n) is 3.16. The van der Waals surface area contributed by atoms with Gasteiger partial charge < -0.3 is 23.7 Å². The minimum Gasteiger partial charge on any atom is -0.491 e. The lowest BCUT2D eigenvalue weighted by Gasteiger charge is -2.08. The molecule has 0 N–H and O–H groups in total. The average Bonchev–Trinajstić information content (AvgIpc) is 2.62. The van der Waals surface area contributed by atoms with Crippen molar-refractivity contribution in [3.05, 3.63) is 29.8 Å². The third kappa shape index (κ3) is 9.50. The summed E-state index contributed by atoms with van der Waals surface area (Å²) in [4.78, 5) is 11.3. The lowest BCUT2D eigenvalue weighted by atomic mass is 10.2. The number of hydrogen-bond acceptors (Lipinski definition) is 6. The van der Waals surface area contributed by atoms with Crippen LogP contribution in [0.4, 0.5) is 0 Å². The molecule has 0 aliphatic heterocycles. The summed E-state index contributed by atoms with van der Waals surface area (Å²) in [7, 11) is 1.35. The zero-order valence-corrected chi connectivity index (χ0v) is 14.6. The van der Waals surface area contributed by atoms with Crippen LogP contribution in [-0.4, -0.2) is 59.3 Å². The van der Waals surface area contributed by atoms with Crippen molar-refractivity contribution in [3.63, 3.8) is 0 Å². The van der Waals surface area contributed by atoms with E-state index in [1.54, 1.807) is 24.3 Å². The van der Waals surface area contributed by atoms with E-state index in [0.717, 1.165) is 19.4 Å². The summed E-state index contributed by atoms with van der Waals surface area (Å²) in [6.07, 6.45) is 2.24. The van der Waals surface area contributed by atoms with E-state index in [0.29, 0.717) is 51.0 Å². The molecule has 1 aromatic rings. The first-order valence-electron chi connectivity index (χ1n) is 8.32. The minimum absolute atomic E-state index is 0.361. The smallest absolute Gasteiger partial charge is 0.337 e. The van der Waals surface area contributed by atoms with Crippen LogP contribution < -0.4 is 4.74 Å². The number of ether oxygens (including phenoxy) is 5. The molecule has 0 heterocycles. The second-order valence-electron chi connectivity index (χ2n) is 5.06. The minimum atomic E-state index is -0.361. The highest BCUT2D eigenvalue weighted by atomic mass is 16.6. The van der Waals surface area contributed by atoms with Gasteiger partial charge in [0.05, 0.1) is 45.7 Å². The van der Waals surface area contributed by atoms with E-state index in [1.165, 1.54) is 7.11 Å². The molecule has 0 saturated heterocycles. The fourth-order valence-electron chi connectivity index (χ4n) is 1.81. The number of benzene rings is 1. The molecule has 0 saturated carbocycles. The fraction of sp³-hybridized carbons (Fsp3) is 0.611. The maximum Gasteiger partial charge on any atom is 0.337 e. The average molecular weight is 340 g/mol. The molecule has 0 spiro atoms. The Hall–Kier alpha value is -1.63. The van der Waals surface area contributed by atoms with Crippen molar-refractivity contribution in [3.8, 4) is 5.75 Å². The van der Waals surface area contributed by atoms with Gasteiger partial charge in [-0.25, -0.2) is 4.79 Å². The van der Waals surface area contributed by atoms with Crippen molar-refractivity contribution in [1.82, 2.24) is 0 Å². The van der Waals surface area contributed by atoms with Crippen molar-refractivity contribution in [2.45, 2.75) is 19.8 Å². The Morgan fingerprint density at radius 3 is 1.92 bits per heavy atom. The van der Waals surface area contributed by atoms with Crippen molar-refractivity contribution in [2.75, 3.05) is 53.4 Å². The SMILES string of the molecule is CCCCOCCOCCOCCOc1ccc(C(=O)OC)cc1. The molecule has 1 aromatic carbocycles. The van der Waals surface area contributed by atoms with Gasteiger partial charge >= 0.3 is 5.97 Å². The van der Waals surface area contributed by atoms with Crippen LogP contribution in [0.1, 0.15) is 30.1 Å². The first-order chi connectivity index (χ1) is 11.8. The number of esters is 1. The van der Waals surface area contributed by atoms with Crippen LogP contribution in [0.15, 0.2) is 24.3 Å². The van der Waals surface area contributed by atoms with Gasteiger partial charge in [-0.2, -0.15) is 0 Å². The Bertz CT molecular complexity index is 432. The summed E-state index contributed by atoms with van der Waals surface area (Å²) < 4.78 is 26.3. The summed E-state index contributed by atoms with van der Waals surface area (Å²) in [5, 5.41) is 0. The van der Waals surface area contributed by atoms with Crippen LogP contribution in [0.5, 0.6) is 5.75 Å². The van der Waals surface area contributed by atoms with Gasteiger partial charge in [0.2, 0.25) is 0 Å². The molecule has 0 fully saturated rings. The largest absolute Gasteiger partial charge is 0.491 e.